The number of aliphatic hydroxyl groups excluding tert-OH is 1. The smallest absolute Gasteiger partial charge is 0.0628 e. The van der Waals surface area contributed by atoms with E-state index in [9.17, 15) is 5.11 Å². The van der Waals surface area contributed by atoms with E-state index in [0.29, 0.717) is 12.0 Å². The summed E-state index contributed by atoms with van der Waals surface area (Å²) in [4.78, 5) is 2.42. The van der Waals surface area contributed by atoms with Crippen molar-refractivity contribution >= 4 is 0 Å². The third kappa shape index (κ3) is 2.92. The zero-order valence-electron chi connectivity index (χ0n) is 10.6. The molecule has 3 heteroatoms. The quantitative estimate of drug-likeness (QED) is 0.665. The first-order valence-electron chi connectivity index (χ1n) is 6.13. The van der Waals surface area contributed by atoms with Gasteiger partial charge in [0.05, 0.1) is 12.1 Å². The van der Waals surface area contributed by atoms with E-state index in [-0.39, 0.29) is 12.1 Å². The van der Waals surface area contributed by atoms with E-state index in [2.05, 4.69) is 31.0 Å². The zero-order chi connectivity index (χ0) is 11.5. The minimum absolute atomic E-state index is 0.0692. The molecule has 1 unspecified atom stereocenters. The molecule has 0 heterocycles. The monoisotopic (exact) mass is 214 g/mol. The van der Waals surface area contributed by atoms with Crippen LogP contribution in [0, 0.1) is 5.92 Å². The van der Waals surface area contributed by atoms with Gasteiger partial charge in [0.1, 0.15) is 0 Å². The van der Waals surface area contributed by atoms with Crippen LogP contribution in [-0.4, -0.2) is 48.3 Å². The van der Waals surface area contributed by atoms with Gasteiger partial charge in [-0.25, -0.2) is 0 Å². The normalized spacial score (nSPS) is 21.0. The Kier molecular flexibility index (Phi) is 4.56. The minimum Gasteiger partial charge on any atom is -0.394 e. The maximum absolute atomic E-state index is 9.62. The topological polar surface area (TPSA) is 35.5 Å². The molecule has 90 valence electrons. The Hall–Kier alpha value is -0.120. The summed E-state index contributed by atoms with van der Waals surface area (Å²) in [6, 6.07) is 0.549. The number of nitrogens with zero attached hydrogens (tertiary/aromatic N) is 1. The second kappa shape index (κ2) is 5.28. The standard InChI is InChI=1S/C12H26N2O/c1-5-14(10(2)3)8-12(9-15,13-4)11-6-7-11/h10-11,13,15H,5-9H2,1-4H3. The molecule has 0 spiro atoms. The molecule has 2 N–H and O–H groups in total. The van der Waals surface area contributed by atoms with E-state index in [0.717, 1.165) is 13.1 Å². The number of nitrogens with one attached hydrogen (secondary N) is 1. The molecule has 0 aliphatic heterocycles. The fraction of sp³-hybridized carbons (Fsp3) is 1.00. The minimum atomic E-state index is -0.0692. The van der Waals surface area contributed by atoms with Crippen molar-refractivity contribution in [3.63, 3.8) is 0 Å². The third-order valence-corrected chi connectivity index (χ3v) is 3.76. The molecule has 0 amide bonds. The SMILES string of the molecule is CCN(CC(CO)(NC)C1CC1)C(C)C. The molecule has 0 aromatic rings. The lowest BCUT2D eigenvalue weighted by molar-refractivity contribution is 0.0853. The van der Waals surface area contributed by atoms with Crippen molar-refractivity contribution in [2.75, 3.05) is 26.7 Å². The van der Waals surface area contributed by atoms with Crippen molar-refractivity contribution < 1.29 is 5.11 Å². The van der Waals surface area contributed by atoms with Gasteiger partial charge in [0.2, 0.25) is 0 Å². The van der Waals surface area contributed by atoms with Crippen molar-refractivity contribution in [2.24, 2.45) is 5.92 Å². The second-order valence-corrected chi connectivity index (χ2v) is 5.00. The Morgan fingerprint density at radius 1 is 1.47 bits per heavy atom. The van der Waals surface area contributed by atoms with Crippen LogP contribution in [-0.2, 0) is 0 Å². The first kappa shape index (κ1) is 12.9. The van der Waals surface area contributed by atoms with Gasteiger partial charge in [-0.3, -0.25) is 4.90 Å². The number of rotatable bonds is 7. The number of aliphatic hydroxyl groups is 1. The van der Waals surface area contributed by atoms with Gasteiger partial charge in [-0.05, 0) is 46.2 Å². The summed E-state index contributed by atoms with van der Waals surface area (Å²) in [6.45, 7) is 8.87. The molecule has 15 heavy (non-hydrogen) atoms. The second-order valence-electron chi connectivity index (χ2n) is 5.00. The zero-order valence-corrected chi connectivity index (χ0v) is 10.6. The van der Waals surface area contributed by atoms with E-state index < -0.39 is 0 Å². The molecule has 0 radical (unpaired) electrons. The summed E-state index contributed by atoms with van der Waals surface area (Å²) in [6.07, 6.45) is 2.52. The first-order valence-corrected chi connectivity index (χ1v) is 6.13. The first-order chi connectivity index (χ1) is 7.09. The largest absolute Gasteiger partial charge is 0.394 e. The lowest BCUT2D eigenvalue weighted by atomic mass is 9.93. The van der Waals surface area contributed by atoms with Crippen molar-refractivity contribution in [1.82, 2.24) is 10.2 Å². The van der Waals surface area contributed by atoms with Crippen LogP contribution in [0.3, 0.4) is 0 Å². The van der Waals surface area contributed by atoms with Gasteiger partial charge in [0, 0.05) is 12.6 Å². The lowest BCUT2D eigenvalue weighted by Crippen LogP contribution is -2.57. The molecule has 1 atom stereocenters. The summed E-state index contributed by atoms with van der Waals surface area (Å²) in [5.41, 5.74) is -0.0692. The maximum atomic E-state index is 9.62. The Morgan fingerprint density at radius 2 is 2.07 bits per heavy atom. The molecule has 0 bridgehead atoms. The Balaban J connectivity index is 2.63. The molecule has 1 saturated carbocycles. The van der Waals surface area contributed by atoms with Crippen LogP contribution in [0.5, 0.6) is 0 Å². The molecule has 3 nitrogen and oxygen atoms in total. The number of likely N-dealkylation sites (N-methyl/N-ethyl adjacent to an activating group) is 2. The Labute approximate surface area is 93.9 Å². The maximum Gasteiger partial charge on any atom is 0.0628 e. The summed E-state index contributed by atoms with van der Waals surface area (Å²) in [5.74, 6) is 0.667. The van der Waals surface area contributed by atoms with Crippen LogP contribution in [0.15, 0.2) is 0 Å². The van der Waals surface area contributed by atoms with Gasteiger partial charge in [0.15, 0.2) is 0 Å². The van der Waals surface area contributed by atoms with Crippen LogP contribution < -0.4 is 5.32 Å². The molecule has 1 fully saturated rings. The highest BCUT2D eigenvalue weighted by Crippen LogP contribution is 2.40. The fourth-order valence-electron chi connectivity index (χ4n) is 2.33. The average molecular weight is 214 g/mol. The van der Waals surface area contributed by atoms with E-state index in [1.54, 1.807) is 0 Å². The van der Waals surface area contributed by atoms with Gasteiger partial charge < -0.3 is 10.4 Å². The van der Waals surface area contributed by atoms with E-state index in [1.807, 2.05) is 7.05 Å². The van der Waals surface area contributed by atoms with Crippen LogP contribution in [0.25, 0.3) is 0 Å². The van der Waals surface area contributed by atoms with Crippen LogP contribution in [0.1, 0.15) is 33.6 Å². The predicted octanol–water partition coefficient (Wildman–Crippen LogP) is 1.08. The Bertz CT molecular complexity index is 186. The summed E-state index contributed by atoms with van der Waals surface area (Å²) >= 11 is 0. The summed E-state index contributed by atoms with van der Waals surface area (Å²) in [7, 11) is 1.97. The summed E-state index contributed by atoms with van der Waals surface area (Å²) in [5, 5.41) is 13.0. The van der Waals surface area contributed by atoms with Crippen LogP contribution in [0.4, 0.5) is 0 Å². The van der Waals surface area contributed by atoms with E-state index >= 15 is 0 Å². The molecular formula is C12H26N2O. The van der Waals surface area contributed by atoms with Gasteiger partial charge in [-0.15, -0.1) is 0 Å². The highest BCUT2D eigenvalue weighted by molar-refractivity contribution is 5.02. The van der Waals surface area contributed by atoms with Crippen molar-refractivity contribution in [3.8, 4) is 0 Å². The van der Waals surface area contributed by atoms with Crippen molar-refractivity contribution in [3.05, 3.63) is 0 Å². The van der Waals surface area contributed by atoms with Gasteiger partial charge >= 0.3 is 0 Å². The van der Waals surface area contributed by atoms with Gasteiger partial charge in [0.25, 0.3) is 0 Å². The molecule has 1 aliphatic carbocycles. The predicted molar refractivity (Wildman–Crippen MR) is 64.0 cm³/mol. The molecule has 1 rings (SSSR count). The lowest BCUT2D eigenvalue weighted by Gasteiger charge is -2.38. The molecule has 0 aromatic carbocycles. The number of hydrogen-bond acceptors (Lipinski definition) is 3. The van der Waals surface area contributed by atoms with Crippen molar-refractivity contribution in [1.29, 1.82) is 0 Å². The van der Waals surface area contributed by atoms with Gasteiger partial charge in [-0.1, -0.05) is 6.92 Å². The molecule has 0 aromatic heterocycles. The van der Waals surface area contributed by atoms with Crippen LogP contribution >= 0.6 is 0 Å². The highest BCUT2D eigenvalue weighted by atomic mass is 16.3. The molecule has 1 aliphatic rings. The van der Waals surface area contributed by atoms with E-state index in [1.165, 1.54) is 12.8 Å². The van der Waals surface area contributed by atoms with E-state index in [4.69, 9.17) is 0 Å². The van der Waals surface area contributed by atoms with Gasteiger partial charge in [-0.2, -0.15) is 0 Å². The van der Waals surface area contributed by atoms with Crippen molar-refractivity contribution in [2.45, 2.75) is 45.2 Å². The summed E-state index contributed by atoms with van der Waals surface area (Å²) < 4.78 is 0. The molecular weight excluding hydrogens is 188 g/mol. The van der Waals surface area contributed by atoms with Crippen LogP contribution in [0.2, 0.25) is 0 Å². The third-order valence-electron chi connectivity index (χ3n) is 3.76. The average Bonchev–Trinajstić information content (AvgIpc) is 3.04. The number of hydrogen-bond donors (Lipinski definition) is 2. The highest BCUT2D eigenvalue weighted by Gasteiger charge is 2.44. The Morgan fingerprint density at radius 3 is 2.33 bits per heavy atom. The fourth-order valence-corrected chi connectivity index (χ4v) is 2.33. The molecule has 0 saturated heterocycles.